The highest BCUT2D eigenvalue weighted by Gasteiger charge is 2.31. The summed E-state index contributed by atoms with van der Waals surface area (Å²) in [4.78, 5) is 4.58. The van der Waals surface area contributed by atoms with E-state index in [4.69, 9.17) is 0 Å². The lowest BCUT2D eigenvalue weighted by molar-refractivity contribution is -0.274. The minimum Gasteiger partial charge on any atom is -0.406 e. The zero-order chi connectivity index (χ0) is 19.4. The Bertz CT molecular complexity index is 836. The van der Waals surface area contributed by atoms with Gasteiger partial charge in [0, 0.05) is 5.56 Å². The number of ether oxygens (including phenoxy) is 1. The van der Waals surface area contributed by atoms with Gasteiger partial charge in [0.05, 0.1) is 5.69 Å². The first-order valence-corrected chi connectivity index (χ1v) is 11.6. The van der Waals surface area contributed by atoms with Crippen LogP contribution in [0, 0.1) is 18.4 Å². The van der Waals surface area contributed by atoms with Crippen molar-refractivity contribution in [3.63, 3.8) is 0 Å². The molecule has 0 aliphatic rings. The van der Waals surface area contributed by atoms with E-state index in [2.05, 4.69) is 40.8 Å². The summed E-state index contributed by atoms with van der Waals surface area (Å²) in [5.74, 6) is 2.84. The van der Waals surface area contributed by atoms with E-state index in [1.54, 1.807) is 0 Å². The third-order valence-electron chi connectivity index (χ3n) is 3.19. The van der Waals surface area contributed by atoms with Crippen molar-refractivity contribution >= 4 is 19.5 Å². The molecule has 0 N–H and O–H groups in total. The van der Waals surface area contributed by atoms with Crippen LogP contribution in [0.2, 0.25) is 19.6 Å². The van der Waals surface area contributed by atoms with Gasteiger partial charge in [-0.2, -0.15) is 0 Å². The quantitative estimate of drug-likeness (QED) is 0.372. The van der Waals surface area contributed by atoms with Crippen LogP contribution in [0.5, 0.6) is 5.75 Å². The fourth-order valence-electron chi connectivity index (χ4n) is 1.97. The first-order valence-electron chi connectivity index (χ1n) is 8.07. The van der Waals surface area contributed by atoms with Gasteiger partial charge in [-0.15, -0.1) is 18.7 Å². The lowest BCUT2D eigenvalue weighted by atomic mass is 10.1. The number of rotatable bonds is 3. The van der Waals surface area contributed by atoms with Crippen LogP contribution in [0.3, 0.4) is 0 Å². The van der Waals surface area contributed by atoms with Crippen LogP contribution < -0.4 is 4.74 Å². The molecule has 0 heterocycles. The number of aryl methyl sites for hydroxylation is 1. The Kier molecular flexibility index (Phi) is 5.93. The first-order chi connectivity index (χ1) is 12.0. The van der Waals surface area contributed by atoms with E-state index in [9.17, 15) is 13.2 Å². The van der Waals surface area contributed by atoms with Crippen LogP contribution in [-0.2, 0) is 0 Å². The molecule has 0 saturated heterocycles. The van der Waals surface area contributed by atoms with Gasteiger partial charge in [-0.1, -0.05) is 43.3 Å². The van der Waals surface area contributed by atoms with E-state index in [1.165, 1.54) is 24.3 Å². The number of halogens is 3. The first kappa shape index (κ1) is 19.8. The fourth-order valence-corrected chi connectivity index (χ4v) is 2.47. The van der Waals surface area contributed by atoms with Gasteiger partial charge in [0.2, 0.25) is 0 Å². The smallest absolute Gasteiger partial charge is 0.406 e. The van der Waals surface area contributed by atoms with Gasteiger partial charge in [-0.25, -0.2) is 4.99 Å². The van der Waals surface area contributed by atoms with Crippen molar-refractivity contribution in [2.45, 2.75) is 32.9 Å². The topological polar surface area (TPSA) is 21.6 Å². The number of aliphatic imine (C=N–C) groups is 1. The van der Waals surface area contributed by atoms with Crippen LogP contribution in [0.15, 0.2) is 53.5 Å². The normalized spacial score (nSPS) is 12.3. The molecule has 0 fully saturated rings. The minimum atomic E-state index is -4.71. The molecule has 0 amide bonds. The Morgan fingerprint density at radius 3 is 2.04 bits per heavy atom. The van der Waals surface area contributed by atoms with Crippen LogP contribution >= 0.6 is 0 Å². The molecule has 0 bridgehead atoms. The zero-order valence-electron chi connectivity index (χ0n) is 15.1. The lowest BCUT2D eigenvalue weighted by Gasteiger charge is -2.09. The average Bonchev–Trinajstić information content (AvgIpc) is 2.52. The Morgan fingerprint density at radius 2 is 1.54 bits per heavy atom. The maximum Gasteiger partial charge on any atom is 0.573 e. The van der Waals surface area contributed by atoms with Crippen LogP contribution in [0.1, 0.15) is 11.1 Å². The molecule has 26 heavy (non-hydrogen) atoms. The van der Waals surface area contributed by atoms with Crippen molar-refractivity contribution in [1.82, 2.24) is 0 Å². The van der Waals surface area contributed by atoms with Gasteiger partial charge in [-0.05, 0) is 43.3 Å². The maximum atomic E-state index is 12.3. The molecule has 2 aromatic rings. The molecular weight excluding hydrogens is 355 g/mol. The lowest BCUT2D eigenvalue weighted by Crippen LogP contribution is -2.17. The minimum absolute atomic E-state index is 0.269. The molecule has 0 radical (unpaired) electrons. The van der Waals surface area contributed by atoms with E-state index >= 15 is 0 Å². The second-order valence-corrected chi connectivity index (χ2v) is 11.6. The molecule has 2 aromatic carbocycles. The molecule has 0 aromatic heterocycles. The number of nitrogens with zero attached hydrogens (tertiary/aromatic N) is 1. The van der Waals surface area contributed by atoms with Crippen molar-refractivity contribution in [1.29, 1.82) is 0 Å². The van der Waals surface area contributed by atoms with Crippen molar-refractivity contribution in [2.24, 2.45) is 4.99 Å². The van der Waals surface area contributed by atoms with Gasteiger partial charge in [0.1, 0.15) is 19.5 Å². The van der Waals surface area contributed by atoms with Crippen LogP contribution in [-0.4, -0.2) is 20.1 Å². The molecule has 0 aliphatic carbocycles. The van der Waals surface area contributed by atoms with Crippen molar-refractivity contribution in [3.05, 3.63) is 59.7 Å². The molecule has 6 heteroatoms. The number of hydrogen-bond donors (Lipinski definition) is 0. The predicted octanol–water partition coefficient (Wildman–Crippen LogP) is 5.90. The third-order valence-corrected chi connectivity index (χ3v) is 4.07. The summed E-state index contributed by atoms with van der Waals surface area (Å²) < 4.78 is 40.8. The van der Waals surface area contributed by atoms with E-state index in [0.717, 1.165) is 11.3 Å². The monoisotopic (exact) mass is 375 g/mol. The molecule has 0 unspecified atom stereocenters. The number of hydrogen-bond acceptors (Lipinski definition) is 2. The van der Waals surface area contributed by atoms with Gasteiger partial charge in [0.15, 0.2) is 0 Å². The van der Waals surface area contributed by atoms with E-state index in [-0.39, 0.29) is 5.75 Å². The average molecular weight is 375 g/mol. The summed E-state index contributed by atoms with van der Waals surface area (Å²) in [6, 6.07) is 13.3. The largest absolute Gasteiger partial charge is 0.573 e. The van der Waals surface area contributed by atoms with E-state index in [1.807, 2.05) is 31.2 Å². The summed E-state index contributed by atoms with van der Waals surface area (Å²) in [6.07, 6.45) is -4.71. The van der Waals surface area contributed by atoms with Crippen LogP contribution in [0.25, 0.3) is 0 Å². The number of benzene rings is 2. The Morgan fingerprint density at radius 1 is 0.962 bits per heavy atom. The Hall–Kier alpha value is -2.52. The molecule has 0 aliphatic heterocycles. The molecule has 0 atom stereocenters. The highest BCUT2D eigenvalue weighted by Crippen LogP contribution is 2.23. The standard InChI is InChI=1S/C20H20F3NOSi/c1-15-5-9-17(10-6-15)24-19(13-14-26(2,3)4)16-7-11-18(12-8-16)25-20(21,22)23/h5-12H,1-4H3. The van der Waals surface area contributed by atoms with Crippen molar-refractivity contribution in [2.75, 3.05) is 0 Å². The highest BCUT2D eigenvalue weighted by molar-refractivity contribution is 6.84. The summed E-state index contributed by atoms with van der Waals surface area (Å²) in [5.41, 5.74) is 6.28. The molecular formula is C20H20F3NOSi. The highest BCUT2D eigenvalue weighted by atomic mass is 28.3. The second-order valence-electron chi connectivity index (χ2n) is 6.87. The van der Waals surface area contributed by atoms with Gasteiger partial charge in [0.25, 0.3) is 0 Å². The predicted molar refractivity (Wildman–Crippen MR) is 102 cm³/mol. The molecule has 0 spiro atoms. The Labute approximate surface area is 152 Å². The Balaban J connectivity index is 2.40. The summed E-state index contributed by atoms with van der Waals surface area (Å²) in [7, 11) is -1.64. The summed E-state index contributed by atoms with van der Waals surface area (Å²) in [5, 5.41) is 0. The zero-order valence-corrected chi connectivity index (χ0v) is 16.1. The SMILES string of the molecule is Cc1ccc(N=C(C#C[Si](C)(C)C)c2ccc(OC(F)(F)F)cc2)cc1. The molecule has 136 valence electrons. The second kappa shape index (κ2) is 7.79. The molecule has 2 rings (SSSR count). The molecule has 2 nitrogen and oxygen atoms in total. The molecule has 0 saturated carbocycles. The summed E-state index contributed by atoms with van der Waals surface area (Å²) >= 11 is 0. The van der Waals surface area contributed by atoms with Gasteiger partial charge < -0.3 is 4.74 Å². The number of alkyl halides is 3. The fraction of sp³-hybridized carbons (Fsp3) is 0.250. The maximum absolute atomic E-state index is 12.3. The van der Waals surface area contributed by atoms with Crippen molar-refractivity contribution in [3.8, 4) is 17.2 Å². The van der Waals surface area contributed by atoms with Gasteiger partial charge in [-0.3, -0.25) is 0 Å². The van der Waals surface area contributed by atoms with Crippen molar-refractivity contribution < 1.29 is 17.9 Å². The third kappa shape index (κ3) is 6.77. The summed E-state index contributed by atoms with van der Waals surface area (Å²) in [6.45, 7) is 8.33. The van der Waals surface area contributed by atoms with Crippen LogP contribution in [0.4, 0.5) is 18.9 Å². The van der Waals surface area contributed by atoms with E-state index < -0.39 is 14.4 Å². The van der Waals surface area contributed by atoms with Gasteiger partial charge >= 0.3 is 6.36 Å². The van der Waals surface area contributed by atoms with E-state index in [0.29, 0.717) is 11.3 Å².